The number of nitrogens with one attached hydrogen (secondary N) is 1. The van der Waals surface area contributed by atoms with Crippen molar-refractivity contribution in [1.82, 2.24) is 5.32 Å². The van der Waals surface area contributed by atoms with E-state index in [0.29, 0.717) is 18.6 Å². The van der Waals surface area contributed by atoms with Gasteiger partial charge in [0.2, 0.25) is 5.91 Å². The molecule has 0 aliphatic carbocycles. The quantitative estimate of drug-likeness (QED) is 0.748. The third-order valence-electron chi connectivity index (χ3n) is 2.71. The van der Waals surface area contributed by atoms with Crippen LogP contribution in [0.1, 0.15) is 25.3 Å². The van der Waals surface area contributed by atoms with E-state index in [-0.39, 0.29) is 0 Å². The van der Waals surface area contributed by atoms with Crippen molar-refractivity contribution in [2.24, 2.45) is 0 Å². The minimum absolute atomic E-state index is 0.411. The molecule has 0 spiro atoms. The minimum Gasteiger partial charge on any atom is -0.497 e. The Bertz CT molecular complexity index is 496. The lowest BCUT2D eigenvalue weighted by Crippen LogP contribution is -2.39. The number of ether oxygens (including phenoxy) is 1. The summed E-state index contributed by atoms with van der Waals surface area (Å²) in [6, 6.07) is 6.38. The zero-order valence-corrected chi connectivity index (χ0v) is 11.6. The maximum absolute atomic E-state index is 11.7. The molecule has 0 radical (unpaired) electrons. The first kappa shape index (κ1) is 15.8. The van der Waals surface area contributed by atoms with Gasteiger partial charge in [0.1, 0.15) is 11.8 Å². The molecule has 0 bridgehead atoms. The summed E-state index contributed by atoms with van der Waals surface area (Å²) in [7, 11) is 1.57. The summed E-state index contributed by atoms with van der Waals surface area (Å²) in [6.07, 6.45) is 4.04. The topological polar surface area (TPSA) is 75.6 Å². The predicted octanol–water partition coefficient (Wildman–Crippen LogP) is 2.08. The molecule has 1 rings (SSSR count). The van der Waals surface area contributed by atoms with Gasteiger partial charge in [-0.1, -0.05) is 25.5 Å². The summed E-state index contributed by atoms with van der Waals surface area (Å²) in [5, 5.41) is 11.4. The number of aliphatic carboxylic acids is 1. The molecule has 0 heterocycles. The molecule has 0 saturated heterocycles. The van der Waals surface area contributed by atoms with Crippen LogP contribution in [-0.2, 0) is 9.59 Å². The Kier molecular flexibility index (Phi) is 6.29. The van der Waals surface area contributed by atoms with Crippen molar-refractivity contribution in [2.75, 3.05) is 7.11 Å². The summed E-state index contributed by atoms with van der Waals surface area (Å²) >= 11 is 0. The highest BCUT2D eigenvalue weighted by Crippen LogP contribution is 2.13. The summed E-state index contributed by atoms with van der Waals surface area (Å²) in [6.45, 7) is 1.87. The molecule has 0 aromatic heterocycles. The molecule has 2 N–H and O–H groups in total. The number of benzene rings is 1. The average molecular weight is 277 g/mol. The monoisotopic (exact) mass is 277 g/mol. The van der Waals surface area contributed by atoms with Crippen molar-refractivity contribution < 1.29 is 19.4 Å². The van der Waals surface area contributed by atoms with Gasteiger partial charge < -0.3 is 15.2 Å². The number of carbonyl (C=O) groups is 2. The van der Waals surface area contributed by atoms with Gasteiger partial charge in [0, 0.05) is 6.08 Å². The Morgan fingerprint density at radius 1 is 1.45 bits per heavy atom. The number of carboxylic acid groups (broad SMARTS) is 1. The Hall–Kier alpha value is -2.30. The zero-order chi connectivity index (χ0) is 15.0. The maximum atomic E-state index is 11.7. The van der Waals surface area contributed by atoms with Gasteiger partial charge in [-0.25, -0.2) is 4.79 Å². The molecule has 0 unspecified atom stereocenters. The fourth-order valence-electron chi connectivity index (χ4n) is 1.68. The normalized spacial score (nSPS) is 12.1. The standard InChI is InChI=1S/C15H19NO4/c1-3-5-13(15(18)19)16-14(17)9-8-11-6-4-7-12(10-11)20-2/h4,6-10,13H,3,5H2,1-2H3,(H,16,17)(H,18,19)/b9-8+/t13-/m1/s1. The first-order valence-corrected chi connectivity index (χ1v) is 6.42. The van der Waals surface area contributed by atoms with Crippen LogP contribution in [0.25, 0.3) is 6.08 Å². The highest BCUT2D eigenvalue weighted by molar-refractivity contribution is 5.94. The summed E-state index contributed by atoms with van der Waals surface area (Å²) < 4.78 is 5.08. The number of carboxylic acids is 1. The number of methoxy groups -OCH3 is 1. The Morgan fingerprint density at radius 3 is 2.80 bits per heavy atom. The molecule has 1 aromatic rings. The number of amides is 1. The van der Waals surface area contributed by atoms with Gasteiger partial charge in [-0.15, -0.1) is 0 Å². The molecule has 0 aliphatic rings. The second-order valence-electron chi connectivity index (χ2n) is 4.30. The predicted molar refractivity (Wildman–Crippen MR) is 76.5 cm³/mol. The van der Waals surface area contributed by atoms with E-state index >= 15 is 0 Å². The van der Waals surface area contributed by atoms with Crippen LogP contribution in [-0.4, -0.2) is 30.1 Å². The van der Waals surface area contributed by atoms with Crippen molar-refractivity contribution in [3.8, 4) is 5.75 Å². The van der Waals surface area contributed by atoms with Crippen LogP contribution in [0, 0.1) is 0 Å². The Morgan fingerprint density at radius 2 is 2.20 bits per heavy atom. The van der Waals surface area contributed by atoms with E-state index in [2.05, 4.69) is 5.32 Å². The second kappa shape index (κ2) is 7.99. The molecule has 0 aliphatic heterocycles. The van der Waals surface area contributed by atoms with Gasteiger partial charge >= 0.3 is 5.97 Å². The van der Waals surface area contributed by atoms with Crippen molar-refractivity contribution in [2.45, 2.75) is 25.8 Å². The second-order valence-corrected chi connectivity index (χ2v) is 4.30. The van der Waals surface area contributed by atoms with Crippen LogP contribution in [0.3, 0.4) is 0 Å². The molecular formula is C15H19NO4. The van der Waals surface area contributed by atoms with Gasteiger partial charge in [-0.05, 0) is 30.2 Å². The fourth-order valence-corrected chi connectivity index (χ4v) is 1.68. The lowest BCUT2D eigenvalue weighted by atomic mass is 10.1. The zero-order valence-electron chi connectivity index (χ0n) is 11.6. The molecular weight excluding hydrogens is 258 g/mol. The number of hydrogen-bond donors (Lipinski definition) is 2. The van der Waals surface area contributed by atoms with Crippen molar-refractivity contribution in [3.05, 3.63) is 35.9 Å². The molecule has 5 nitrogen and oxygen atoms in total. The highest BCUT2D eigenvalue weighted by Gasteiger charge is 2.17. The third-order valence-corrected chi connectivity index (χ3v) is 2.71. The van der Waals surface area contributed by atoms with Crippen LogP contribution >= 0.6 is 0 Å². The minimum atomic E-state index is -1.02. The van der Waals surface area contributed by atoms with E-state index in [9.17, 15) is 9.59 Å². The van der Waals surface area contributed by atoms with Crippen LogP contribution in [0.2, 0.25) is 0 Å². The largest absolute Gasteiger partial charge is 0.497 e. The maximum Gasteiger partial charge on any atom is 0.326 e. The first-order chi connectivity index (χ1) is 9.56. The van der Waals surface area contributed by atoms with Crippen molar-refractivity contribution in [3.63, 3.8) is 0 Å². The van der Waals surface area contributed by atoms with E-state index in [0.717, 1.165) is 5.56 Å². The van der Waals surface area contributed by atoms with Crippen LogP contribution < -0.4 is 10.1 Å². The number of rotatable bonds is 7. The van der Waals surface area contributed by atoms with Crippen LogP contribution in [0.5, 0.6) is 5.75 Å². The van der Waals surface area contributed by atoms with Crippen LogP contribution in [0.15, 0.2) is 30.3 Å². The van der Waals surface area contributed by atoms with Gasteiger partial charge in [0.05, 0.1) is 7.11 Å². The van der Waals surface area contributed by atoms with Gasteiger partial charge in [0.25, 0.3) is 0 Å². The molecule has 0 fully saturated rings. The number of carbonyl (C=O) groups excluding carboxylic acids is 1. The molecule has 20 heavy (non-hydrogen) atoms. The van der Waals surface area contributed by atoms with E-state index < -0.39 is 17.9 Å². The SMILES string of the molecule is CCC[C@@H](NC(=O)/C=C/c1cccc(OC)c1)C(=O)O. The highest BCUT2D eigenvalue weighted by atomic mass is 16.5. The van der Waals surface area contributed by atoms with Gasteiger partial charge in [-0.3, -0.25) is 4.79 Å². The molecule has 108 valence electrons. The lowest BCUT2D eigenvalue weighted by Gasteiger charge is -2.11. The van der Waals surface area contributed by atoms with E-state index in [1.807, 2.05) is 19.1 Å². The van der Waals surface area contributed by atoms with Crippen molar-refractivity contribution in [1.29, 1.82) is 0 Å². The van der Waals surface area contributed by atoms with Gasteiger partial charge in [0.15, 0.2) is 0 Å². The summed E-state index contributed by atoms with van der Waals surface area (Å²) in [5.74, 6) is -0.745. The molecule has 1 aromatic carbocycles. The molecule has 5 heteroatoms. The number of hydrogen-bond acceptors (Lipinski definition) is 3. The smallest absolute Gasteiger partial charge is 0.326 e. The first-order valence-electron chi connectivity index (χ1n) is 6.42. The fraction of sp³-hybridized carbons (Fsp3) is 0.333. The van der Waals surface area contributed by atoms with Crippen LogP contribution in [0.4, 0.5) is 0 Å². The Balaban J connectivity index is 2.64. The molecule has 1 amide bonds. The summed E-state index contributed by atoms with van der Waals surface area (Å²) in [4.78, 5) is 22.6. The Labute approximate surface area is 118 Å². The lowest BCUT2D eigenvalue weighted by molar-refractivity contribution is -0.141. The third kappa shape index (κ3) is 5.14. The van der Waals surface area contributed by atoms with Crippen molar-refractivity contribution >= 4 is 18.0 Å². The van der Waals surface area contributed by atoms with E-state index in [4.69, 9.17) is 9.84 Å². The molecule has 1 atom stereocenters. The molecule has 0 saturated carbocycles. The van der Waals surface area contributed by atoms with E-state index in [1.165, 1.54) is 6.08 Å². The van der Waals surface area contributed by atoms with E-state index in [1.54, 1.807) is 25.3 Å². The van der Waals surface area contributed by atoms with Gasteiger partial charge in [-0.2, -0.15) is 0 Å². The summed E-state index contributed by atoms with van der Waals surface area (Å²) in [5.41, 5.74) is 0.807. The average Bonchev–Trinajstić information content (AvgIpc) is 2.44.